The lowest BCUT2D eigenvalue weighted by Gasteiger charge is -2.37. The highest BCUT2D eigenvalue weighted by molar-refractivity contribution is 5.97. The van der Waals surface area contributed by atoms with Crippen LogP contribution in [-0.2, 0) is 4.79 Å². The molecule has 0 aromatic carbocycles. The van der Waals surface area contributed by atoms with Crippen molar-refractivity contribution in [2.75, 3.05) is 26.7 Å². The molecule has 1 aromatic heterocycles. The molecule has 0 radical (unpaired) electrons. The number of aromatic nitrogens is 1. The van der Waals surface area contributed by atoms with Crippen LogP contribution in [0.5, 0.6) is 5.88 Å². The summed E-state index contributed by atoms with van der Waals surface area (Å²) in [6.07, 6.45) is 0.699. The van der Waals surface area contributed by atoms with Gasteiger partial charge in [0, 0.05) is 37.7 Å². The maximum Gasteiger partial charge on any atom is 0.259 e. The maximum atomic E-state index is 13.2. The number of pyridine rings is 1. The van der Waals surface area contributed by atoms with E-state index in [1.54, 1.807) is 43.7 Å². The Labute approximate surface area is 177 Å². The number of nitrogens with zero attached hydrogens (tertiary/aromatic N) is 3. The van der Waals surface area contributed by atoms with Gasteiger partial charge in [0.2, 0.25) is 11.8 Å². The maximum absolute atomic E-state index is 13.2. The van der Waals surface area contributed by atoms with Crippen LogP contribution in [0.4, 0.5) is 0 Å². The molecule has 0 unspecified atom stereocenters. The smallest absolute Gasteiger partial charge is 0.259 e. The van der Waals surface area contributed by atoms with Gasteiger partial charge in [0.25, 0.3) is 5.91 Å². The summed E-state index contributed by atoms with van der Waals surface area (Å²) < 4.78 is 6.11. The van der Waals surface area contributed by atoms with E-state index in [9.17, 15) is 19.8 Å². The van der Waals surface area contributed by atoms with Gasteiger partial charge in [-0.2, -0.15) is 0 Å². The average Bonchev–Trinajstić information content (AvgIpc) is 2.73. The molecule has 2 N–H and O–H groups in total. The molecule has 1 aliphatic rings. The zero-order valence-corrected chi connectivity index (χ0v) is 18.3. The Morgan fingerprint density at radius 1 is 1.47 bits per heavy atom. The van der Waals surface area contributed by atoms with Crippen molar-refractivity contribution in [2.45, 2.75) is 52.4 Å². The predicted octanol–water partition coefficient (Wildman–Crippen LogP) is 0.902. The third-order valence-electron chi connectivity index (χ3n) is 5.13. The molecule has 2 rings (SSSR count). The zero-order chi connectivity index (χ0) is 22.4. The Morgan fingerprint density at radius 2 is 2.17 bits per heavy atom. The molecule has 164 valence electrons. The van der Waals surface area contributed by atoms with Crippen LogP contribution in [-0.4, -0.2) is 81.8 Å². The Morgan fingerprint density at radius 3 is 2.77 bits per heavy atom. The predicted molar refractivity (Wildman–Crippen MR) is 112 cm³/mol. The number of amides is 2. The quantitative estimate of drug-likeness (QED) is 0.690. The number of carbonyl (C=O) groups is 2. The highest BCUT2D eigenvalue weighted by Gasteiger charge is 2.34. The first-order valence-electron chi connectivity index (χ1n) is 10.2. The number of ether oxygens (including phenoxy) is 1. The largest absolute Gasteiger partial charge is 0.472 e. The van der Waals surface area contributed by atoms with Crippen LogP contribution in [0.15, 0.2) is 12.3 Å². The number of hydrogen-bond donors (Lipinski definition) is 2. The number of aliphatic hydroxyl groups excluding tert-OH is 2. The molecule has 8 heteroatoms. The molecule has 8 nitrogen and oxygen atoms in total. The van der Waals surface area contributed by atoms with Gasteiger partial charge in [-0.05, 0) is 19.9 Å². The molecule has 2 heterocycles. The van der Waals surface area contributed by atoms with Crippen molar-refractivity contribution < 1.29 is 24.5 Å². The van der Waals surface area contributed by atoms with Gasteiger partial charge in [-0.15, -0.1) is 0 Å². The Kier molecular flexibility index (Phi) is 8.21. The first-order valence-corrected chi connectivity index (χ1v) is 10.2. The SMILES string of the molecule is CCC(=O)N(C)C[C@H]1Oc2ncc(C#C[C@H](C)O)cc2C(=O)N([C@H](C)CO)C[C@@H]1C. The van der Waals surface area contributed by atoms with Crippen molar-refractivity contribution in [2.24, 2.45) is 5.92 Å². The summed E-state index contributed by atoms with van der Waals surface area (Å²) in [6.45, 7) is 7.62. The van der Waals surface area contributed by atoms with Crippen molar-refractivity contribution in [1.29, 1.82) is 0 Å². The number of likely N-dealkylation sites (N-methyl/N-ethyl adjacent to an activating group) is 1. The fourth-order valence-corrected chi connectivity index (χ4v) is 3.22. The standard InChI is InChI=1S/C22H31N3O5/c1-6-20(28)24(5)12-19-14(2)11-25(15(3)13-26)22(29)18-9-17(8-7-16(4)27)10-23-21(18)30-19/h9-10,14-16,19,26-27H,6,11-13H2,1-5H3/t14-,15+,16-,19+/m0/s1. The Balaban J connectivity index is 2.47. The van der Waals surface area contributed by atoms with E-state index in [1.165, 1.54) is 6.20 Å². The fraction of sp³-hybridized carbons (Fsp3) is 0.591. The van der Waals surface area contributed by atoms with Gasteiger partial charge in [-0.3, -0.25) is 9.59 Å². The topological polar surface area (TPSA) is 103 Å². The minimum atomic E-state index is -0.804. The van der Waals surface area contributed by atoms with E-state index in [4.69, 9.17) is 4.74 Å². The van der Waals surface area contributed by atoms with Gasteiger partial charge in [0.15, 0.2) is 0 Å². The van der Waals surface area contributed by atoms with Crippen LogP contribution < -0.4 is 4.74 Å². The molecule has 1 aliphatic heterocycles. The number of fused-ring (bicyclic) bond motifs is 1. The lowest BCUT2D eigenvalue weighted by Crippen LogP contribution is -2.50. The first-order chi connectivity index (χ1) is 14.2. The van der Waals surface area contributed by atoms with Crippen LogP contribution >= 0.6 is 0 Å². The molecule has 30 heavy (non-hydrogen) atoms. The van der Waals surface area contributed by atoms with Crippen LogP contribution in [0.2, 0.25) is 0 Å². The fourth-order valence-electron chi connectivity index (χ4n) is 3.22. The molecule has 0 saturated heterocycles. The summed E-state index contributed by atoms with van der Waals surface area (Å²) in [4.78, 5) is 32.8. The molecule has 4 atom stereocenters. The number of carbonyl (C=O) groups excluding carboxylic acids is 2. The number of aliphatic hydroxyl groups is 2. The zero-order valence-electron chi connectivity index (χ0n) is 18.3. The first kappa shape index (κ1) is 23.6. The van der Waals surface area contributed by atoms with Crippen molar-refractivity contribution in [3.63, 3.8) is 0 Å². The minimum Gasteiger partial charge on any atom is -0.472 e. The van der Waals surface area contributed by atoms with E-state index in [2.05, 4.69) is 16.8 Å². The Bertz CT molecular complexity index is 830. The normalized spacial score (nSPS) is 20.6. The highest BCUT2D eigenvalue weighted by atomic mass is 16.5. The molecule has 0 bridgehead atoms. The lowest BCUT2D eigenvalue weighted by atomic mass is 10.00. The summed E-state index contributed by atoms with van der Waals surface area (Å²) in [7, 11) is 1.73. The molecular formula is C22H31N3O5. The van der Waals surface area contributed by atoms with E-state index < -0.39 is 12.1 Å². The highest BCUT2D eigenvalue weighted by Crippen LogP contribution is 2.27. The van der Waals surface area contributed by atoms with Crippen LogP contribution in [0.1, 0.15) is 50.0 Å². The van der Waals surface area contributed by atoms with E-state index in [1.807, 2.05) is 6.92 Å². The molecule has 0 fully saturated rings. The molecule has 2 amide bonds. The van der Waals surface area contributed by atoms with Gasteiger partial charge in [-0.1, -0.05) is 25.7 Å². The monoisotopic (exact) mass is 417 g/mol. The number of rotatable bonds is 5. The molecule has 0 spiro atoms. The summed E-state index contributed by atoms with van der Waals surface area (Å²) >= 11 is 0. The summed E-state index contributed by atoms with van der Waals surface area (Å²) in [6, 6.07) is 1.19. The van der Waals surface area contributed by atoms with Crippen molar-refractivity contribution in [1.82, 2.24) is 14.8 Å². The second-order valence-electron chi connectivity index (χ2n) is 7.77. The summed E-state index contributed by atoms with van der Waals surface area (Å²) in [5, 5.41) is 19.1. The van der Waals surface area contributed by atoms with Crippen molar-refractivity contribution in [3.05, 3.63) is 23.4 Å². The van der Waals surface area contributed by atoms with E-state index in [0.717, 1.165) is 0 Å². The average molecular weight is 418 g/mol. The van der Waals surface area contributed by atoms with E-state index >= 15 is 0 Å². The lowest BCUT2D eigenvalue weighted by molar-refractivity contribution is -0.131. The third-order valence-corrected chi connectivity index (χ3v) is 5.13. The van der Waals surface area contributed by atoms with Gasteiger partial charge >= 0.3 is 0 Å². The van der Waals surface area contributed by atoms with Crippen molar-refractivity contribution >= 4 is 11.8 Å². The van der Waals surface area contributed by atoms with Gasteiger partial charge in [0.1, 0.15) is 17.8 Å². The molecule has 0 saturated carbocycles. The summed E-state index contributed by atoms with van der Waals surface area (Å²) in [5.74, 6) is 5.20. The second-order valence-corrected chi connectivity index (χ2v) is 7.77. The van der Waals surface area contributed by atoms with E-state index in [-0.39, 0.29) is 41.9 Å². The van der Waals surface area contributed by atoms with Crippen molar-refractivity contribution in [3.8, 4) is 17.7 Å². The molecule has 0 aliphatic carbocycles. The summed E-state index contributed by atoms with van der Waals surface area (Å²) in [5.41, 5.74) is 0.723. The molecule has 1 aromatic rings. The van der Waals surface area contributed by atoms with Crippen LogP contribution in [0.25, 0.3) is 0 Å². The van der Waals surface area contributed by atoms with E-state index in [0.29, 0.717) is 25.1 Å². The number of hydrogen-bond acceptors (Lipinski definition) is 6. The third kappa shape index (κ3) is 5.71. The van der Waals surface area contributed by atoms with Gasteiger partial charge in [-0.25, -0.2) is 4.98 Å². The van der Waals surface area contributed by atoms with Gasteiger partial charge in [0.05, 0.1) is 19.2 Å². The van der Waals surface area contributed by atoms with Crippen LogP contribution in [0, 0.1) is 17.8 Å². The Hall–Kier alpha value is -2.63. The van der Waals surface area contributed by atoms with Crippen LogP contribution in [0.3, 0.4) is 0 Å². The second kappa shape index (κ2) is 10.4. The minimum absolute atomic E-state index is 0.00134. The van der Waals surface area contributed by atoms with Gasteiger partial charge < -0.3 is 24.7 Å². The molecular weight excluding hydrogens is 386 g/mol.